The van der Waals surface area contributed by atoms with E-state index in [1.807, 2.05) is 0 Å². The first-order valence-electron chi connectivity index (χ1n) is 8.68. The van der Waals surface area contributed by atoms with Crippen LogP contribution in [0.2, 0.25) is 0 Å². The highest BCUT2D eigenvalue weighted by atomic mass is 16.5. The predicted molar refractivity (Wildman–Crippen MR) is 93.8 cm³/mol. The summed E-state index contributed by atoms with van der Waals surface area (Å²) in [7, 11) is 3.33. The molecule has 0 aliphatic carbocycles. The number of amides is 1. The zero-order valence-corrected chi connectivity index (χ0v) is 14.7. The molecule has 0 radical (unpaired) electrons. The lowest BCUT2D eigenvalue weighted by molar-refractivity contribution is -0.120. The molecule has 0 aromatic rings. The van der Waals surface area contributed by atoms with Gasteiger partial charge < -0.3 is 25.6 Å². The maximum atomic E-state index is 11.6. The smallest absolute Gasteiger partial charge is 0.239 e. The summed E-state index contributed by atoms with van der Waals surface area (Å²) in [5.41, 5.74) is 0. The standard InChI is InChI=1S/C16H33N5O2/c1-17-16(20-14-15(22)18-9-13-23-2)19-8-7-12-21-10-5-3-4-6-11-21/h3-14H2,1-2H3,(H,18,22)(H2,17,19,20). The van der Waals surface area contributed by atoms with Crippen LogP contribution in [0.3, 0.4) is 0 Å². The van der Waals surface area contributed by atoms with Gasteiger partial charge in [-0.15, -0.1) is 0 Å². The number of likely N-dealkylation sites (tertiary alicyclic amines) is 1. The number of hydrogen-bond acceptors (Lipinski definition) is 4. The van der Waals surface area contributed by atoms with E-state index in [1.165, 1.54) is 38.8 Å². The summed E-state index contributed by atoms with van der Waals surface area (Å²) in [5, 5.41) is 9.04. The molecule has 0 saturated carbocycles. The van der Waals surface area contributed by atoms with Gasteiger partial charge in [-0.2, -0.15) is 0 Å². The fourth-order valence-corrected chi connectivity index (χ4v) is 2.61. The van der Waals surface area contributed by atoms with Crippen LogP contribution in [0.4, 0.5) is 0 Å². The molecular weight excluding hydrogens is 294 g/mol. The highest BCUT2D eigenvalue weighted by molar-refractivity contribution is 5.86. The maximum absolute atomic E-state index is 11.6. The van der Waals surface area contributed by atoms with Crippen LogP contribution in [0.1, 0.15) is 32.1 Å². The average molecular weight is 327 g/mol. The molecule has 1 aliphatic heterocycles. The summed E-state index contributed by atoms with van der Waals surface area (Å²) in [6.07, 6.45) is 6.49. The summed E-state index contributed by atoms with van der Waals surface area (Å²) in [5.74, 6) is 0.609. The van der Waals surface area contributed by atoms with E-state index < -0.39 is 0 Å². The number of nitrogens with zero attached hydrogens (tertiary/aromatic N) is 2. The fourth-order valence-electron chi connectivity index (χ4n) is 2.61. The molecule has 1 heterocycles. The molecule has 0 aromatic carbocycles. The zero-order chi connectivity index (χ0) is 16.8. The number of rotatable bonds is 9. The minimum Gasteiger partial charge on any atom is -0.383 e. The maximum Gasteiger partial charge on any atom is 0.239 e. The van der Waals surface area contributed by atoms with Gasteiger partial charge in [-0.05, 0) is 38.9 Å². The van der Waals surface area contributed by atoms with E-state index in [-0.39, 0.29) is 12.5 Å². The monoisotopic (exact) mass is 327 g/mol. The Labute approximate surface area is 140 Å². The lowest BCUT2D eigenvalue weighted by Gasteiger charge is -2.20. The molecule has 1 fully saturated rings. The third-order valence-electron chi connectivity index (χ3n) is 3.91. The van der Waals surface area contributed by atoms with Crippen molar-refractivity contribution < 1.29 is 9.53 Å². The van der Waals surface area contributed by atoms with E-state index in [0.717, 1.165) is 19.5 Å². The van der Waals surface area contributed by atoms with Gasteiger partial charge in [0.05, 0.1) is 13.2 Å². The molecule has 7 nitrogen and oxygen atoms in total. The Kier molecular flexibility index (Phi) is 11.3. The van der Waals surface area contributed by atoms with Crippen LogP contribution in [-0.4, -0.2) is 76.8 Å². The van der Waals surface area contributed by atoms with Gasteiger partial charge in [-0.1, -0.05) is 12.8 Å². The van der Waals surface area contributed by atoms with Crippen molar-refractivity contribution in [1.29, 1.82) is 0 Å². The summed E-state index contributed by atoms with van der Waals surface area (Å²) < 4.78 is 4.89. The van der Waals surface area contributed by atoms with Gasteiger partial charge in [0, 0.05) is 27.2 Å². The summed E-state index contributed by atoms with van der Waals surface area (Å²) in [6, 6.07) is 0. The molecular formula is C16H33N5O2. The second-order valence-electron chi connectivity index (χ2n) is 5.80. The number of nitrogens with one attached hydrogen (secondary N) is 3. The van der Waals surface area contributed by atoms with Crippen molar-refractivity contribution in [3.63, 3.8) is 0 Å². The minimum atomic E-state index is -0.0606. The number of methoxy groups -OCH3 is 1. The van der Waals surface area contributed by atoms with E-state index in [0.29, 0.717) is 19.1 Å². The normalized spacial score (nSPS) is 16.7. The van der Waals surface area contributed by atoms with Crippen LogP contribution in [-0.2, 0) is 9.53 Å². The number of carbonyl (C=O) groups is 1. The predicted octanol–water partition coefficient (Wildman–Crippen LogP) is 0.180. The van der Waals surface area contributed by atoms with E-state index in [1.54, 1.807) is 14.2 Å². The third-order valence-corrected chi connectivity index (χ3v) is 3.91. The molecule has 0 spiro atoms. The van der Waals surface area contributed by atoms with Gasteiger partial charge in [-0.3, -0.25) is 9.79 Å². The first kappa shape index (κ1) is 19.7. The van der Waals surface area contributed by atoms with Gasteiger partial charge in [0.15, 0.2) is 5.96 Å². The third kappa shape index (κ3) is 10.1. The summed E-state index contributed by atoms with van der Waals surface area (Å²) in [4.78, 5) is 18.3. The summed E-state index contributed by atoms with van der Waals surface area (Å²) in [6.45, 7) is 5.72. The molecule has 134 valence electrons. The van der Waals surface area contributed by atoms with E-state index in [4.69, 9.17) is 4.74 Å². The highest BCUT2D eigenvalue weighted by Crippen LogP contribution is 2.09. The topological polar surface area (TPSA) is 78.0 Å². The van der Waals surface area contributed by atoms with Crippen molar-refractivity contribution in [2.75, 3.05) is 60.0 Å². The largest absolute Gasteiger partial charge is 0.383 e. The molecule has 0 unspecified atom stereocenters. The number of aliphatic imine (C=N–C) groups is 1. The quantitative estimate of drug-likeness (QED) is 0.320. The Balaban J connectivity index is 2.07. The van der Waals surface area contributed by atoms with E-state index >= 15 is 0 Å². The van der Waals surface area contributed by atoms with Crippen LogP contribution in [0.5, 0.6) is 0 Å². The van der Waals surface area contributed by atoms with Crippen LogP contribution >= 0.6 is 0 Å². The van der Waals surface area contributed by atoms with Gasteiger partial charge in [0.2, 0.25) is 5.91 Å². The van der Waals surface area contributed by atoms with Crippen LogP contribution in [0.15, 0.2) is 4.99 Å². The van der Waals surface area contributed by atoms with Crippen LogP contribution in [0, 0.1) is 0 Å². The highest BCUT2D eigenvalue weighted by Gasteiger charge is 2.08. The second-order valence-corrected chi connectivity index (χ2v) is 5.80. The number of guanidine groups is 1. The Hall–Kier alpha value is -1.34. The molecule has 7 heteroatoms. The Morgan fingerprint density at radius 2 is 1.83 bits per heavy atom. The summed E-state index contributed by atoms with van der Waals surface area (Å²) >= 11 is 0. The first-order chi connectivity index (χ1) is 11.3. The van der Waals surface area contributed by atoms with Gasteiger partial charge in [-0.25, -0.2) is 0 Å². The molecule has 1 rings (SSSR count). The Morgan fingerprint density at radius 3 is 2.48 bits per heavy atom. The molecule has 0 bridgehead atoms. The van der Waals surface area contributed by atoms with E-state index in [9.17, 15) is 4.79 Å². The molecule has 0 atom stereocenters. The average Bonchev–Trinajstić information content (AvgIpc) is 2.83. The fraction of sp³-hybridized carbons (Fsp3) is 0.875. The SMILES string of the molecule is CN=C(NCCCN1CCCCCC1)NCC(=O)NCCOC. The number of carbonyl (C=O) groups excluding carboxylic acids is 1. The van der Waals surface area contributed by atoms with Crippen molar-refractivity contribution >= 4 is 11.9 Å². The lowest BCUT2D eigenvalue weighted by Crippen LogP contribution is -2.44. The zero-order valence-electron chi connectivity index (χ0n) is 14.7. The van der Waals surface area contributed by atoms with Crippen molar-refractivity contribution in [3.8, 4) is 0 Å². The van der Waals surface area contributed by atoms with Crippen molar-refractivity contribution in [3.05, 3.63) is 0 Å². The van der Waals surface area contributed by atoms with Gasteiger partial charge in [0.25, 0.3) is 0 Å². The molecule has 1 saturated heterocycles. The van der Waals surface area contributed by atoms with E-state index in [2.05, 4.69) is 25.8 Å². The Morgan fingerprint density at radius 1 is 1.09 bits per heavy atom. The minimum absolute atomic E-state index is 0.0606. The molecule has 1 amide bonds. The molecule has 23 heavy (non-hydrogen) atoms. The van der Waals surface area contributed by atoms with Gasteiger partial charge >= 0.3 is 0 Å². The van der Waals surface area contributed by atoms with Gasteiger partial charge in [0.1, 0.15) is 0 Å². The molecule has 1 aliphatic rings. The van der Waals surface area contributed by atoms with Crippen LogP contribution < -0.4 is 16.0 Å². The van der Waals surface area contributed by atoms with Crippen molar-refractivity contribution in [2.45, 2.75) is 32.1 Å². The second kappa shape index (κ2) is 13.1. The van der Waals surface area contributed by atoms with Crippen molar-refractivity contribution in [1.82, 2.24) is 20.9 Å². The first-order valence-corrected chi connectivity index (χ1v) is 8.68. The lowest BCUT2D eigenvalue weighted by atomic mass is 10.2. The Bertz CT molecular complexity index is 341. The molecule has 0 aromatic heterocycles. The molecule has 3 N–H and O–H groups in total. The number of hydrogen-bond donors (Lipinski definition) is 3. The van der Waals surface area contributed by atoms with Crippen LogP contribution in [0.25, 0.3) is 0 Å². The number of ether oxygens (including phenoxy) is 1. The van der Waals surface area contributed by atoms with Crippen molar-refractivity contribution in [2.24, 2.45) is 4.99 Å².